The molecule has 0 aromatic carbocycles. The Balaban J connectivity index is 2.23. The quantitative estimate of drug-likeness (QED) is 0.588. The van der Waals surface area contributed by atoms with Gasteiger partial charge in [-0.25, -0.2) is 0 Å². The summed E-state index contributed by atoms with van der Waals surface area (Å²) in [6.07, 6.45) is 0.539. The van der Waals surface area contributed by atoms with E-state index in [4.69, 9.17) is 4.74 Å². The minimum atomic E-state index is 0.539. The number of ether oxygens (including phenoxy) is 1. The average Bonchev–Trinajstić information content (AvgIpc) is 2.67. The Bertz CT molecular complexity index is 126. The minimum Gasteiger partial charge on any atom is -0.372 e. The van der Waals surface area contributed by atoms with Crippen LogP contribution in [0.1, 0.15) is 27.7 Å². The van der Waals surface area contributed by atoms with Gasteiger partial charge in [0.15, 0.2) is 0 Å². The lowest BCUT2D eigenvalue weighted by atomic mass is 10.1. The van der Waals surface area contributed by atoms with Crippen LogP contribution in [0.4, 0.5) is 0 Å². The van der Waals surface area contributed by atoms with Crippen LogP contribution in [0.2, 0.25) is 0 Å². The fourth-order valence-electron chi connectivity index (χ4n) is 1.72. The van der Waals surface area contributed by atoms with E-state index in [9.17, 15) is 0 Å². The van der Waals surface area contributed by atoms with Crippen LogP contribution in [0.5, 0.6) is 0 Å². The fourth-order valence-corrected chi connectivity index (χ4v) is 1.72. The number of epoxide rings is 1. The summed E-state index contributed by atoms with van der Waals surface area (Å²) in [7, 11) is 0. The largest absolute Gasteiger partial charge is 0.372 e. The molecule has 1 fully saturated rings. The molecule has 0 unspecified atom stereocenters. The highest BCUT2D eigenvalue weighted by Gasteiger charge is 2.25. The van der Waals surface area contributed by atoms with Gasteiger partial charge in [0.05, 0.1) is 12.7 Å². The summed E-state index contributed by atoms with van der Waals surface area (Å²) in [5.74, 6) is 1.52. The molecule has 0 aliphatic carbocycles. The summed E-state index contributed by atoms with van der Waals surface area (Å²) in [5.41, 5.74) is 0. The van der Waals surface area contributed by atoms with E-state index in [2.05, 4.69) is 32.6 Å². The average molecular weight is 185 g/mol. The van der Waals surface area contributed by atoms with Crippen molar-refractivity contribution in [3.8, 4) is 0 Å². The van der Waals surface area contributed by atoms with Crippen molar-refractivity contribution in [2.24, 2.45) is 11.8 Å². The van der Waals surface area contributed by atoms with Gasteiger partial charge in [-0.2, -0.15) is 0 Å². The third-order valence-electron chi connectivity index (χ3n) is 2.11. The van der Waals surface area contributed by atoms with E-state index in [1.54, 1.807) is 0 Å². The molecule has 1 atom stereocenters. The molecule has 0 aromatic rings. The topological polar surface area (TPSA) is 15.8 Å². The number of hydrogen-bond acceptors (Lipinski definition) is 2. The van der Waals surface area contributed by atoms with Gasteiger partial charge in [0.1, 0.15) is 0 Å². The van der Waals surface area contributed by atoms with Crippen molar-refractivity contribution < 1.29 is 4.74 Å². The Morgan fingerprint density at radius 1 is 1.15 bits per heavy atom. The smallest absolute Gasteiger partial charge is 0.0936 e. The Labute approximate surface area is 82.3 Å². The van der Waals surface area contributed by atoms with Gasteiger partial charge in [0, 0.05) is 19.6 Å². The molecule has 0 N–H and O–H groups in total. The molecule has 0 saturated carbocycles. The first-order chi connectivity index (χ1) is 6.08. The molecule has 0 bridgehead atoms. The van der Waals surface area contributed by atoms with Crippen molar-refractivity contribution in [1.29, 1.82) is 0 Å². The molecule has 78 valence electrons. The second-order valence-corrected chi connectivity index (χ2v) is 4.96. The van der Waals surface area contributed by atoms with Crippen molar-refractivity contribution >= 4 is 0 Å². The van der Waals surface area contributed by atoms with Crippen molar-refractivity contribution in [2.45, 2.75) is 33.8 Å². The monoisotopic (exact) mass is 185 g/mol. The summed E-state index contributed by atoms with van der Waals surface area (Å²) >= 11 is 0. The zero-order valence-corrected chi connectivity index (χ0v) is 9.42. The normalized spacial score (nSPS) is 21.9. The summed E-state index contributed by atoms with van der Waals surface area (Å²) < 4.78 is 5.26. The van der Waals surface area contributed by atoms with E-state index in [-0.39, 0.29) is 0 Å². The first-order valence-corrected chi connectivity index (χ1v) is 5.42. The predicted molar refractivity (Wildman–Crippen MR) is 55.9 cm³/mol. The van der Waals surface area contributed by atoms with Crippen LogP contribution in [0.3, 0.4) is 0 Å². The molecule has 1 aliphatic heterocycles. The van der Waals surface area contributed by atoms with Gasteiger partial charge in [0.2, 0.25) is 0 Å². The molecule has 1 rings (SSSR count). The van der Waals surface area contributed by atoms with Gasteiger partial charge in [-0.3, -0.25) is 0 Å². The lowest BCUT2D eigenvalue weighted by molar-refractivity contribution is 0.199. The summed E-state index contributed by atoms with van der Waals surface area (Å²) in [4.78, 5) is 2.53. The SMILES string of the molecule is CC(C)CN(CC(C)C)C[C@@H]1CO1. The van der Waals surface area contributed by atoms with E-state index in [1.807, 2.05) is 0 Å². The maximum absolute atomic E-state index is 5.26. The zero-order valence-electron chi connectivity index (χ0n) is 9.42. The molecule has 1 saturated heterocycles. The van der Waals surface area contributed by atoms with Crippen molar-refractivity contribution in [2.75, 3.05) is 26.2 Å². The van der Waals surface area contributed by atoms with E-state index in [0.29, 0.717) is 6.10 Å². The lowest BCUT2D eigenvalue weighted by Crippen LogP contribution is -2.34. The minimum absolute atomic E-state index is 0.539. The van der Waals surface area contributed by atoms with Crippen LogP contribution in [0.25, 0.3) is 0 Å². The van der Waals surface area contributed by atoms with Gasteiger partial charge >= 0.3 is 0 Å². The van der Waals surface area contributed by atoms with E-state index in [1.165, 1.54) is 13.1 Å². The van der Waals surface area contributed by atoms with E-state index in [0.717, 1.165) is 25.0 Å². The van der Waals surface area contributed by atoms with Gasteiger partial charge in [-0.05, 0) is 11.8 Å². The summed E-state index contributed by atoms with van der Waals surface area (Å²) in [5, 5.41) is 0. The molecule has 1 heterocycles. The van der Waals surface area contributed by atoms with E-state index < -0.39 is 0 Å². The lowest BCUT2D eigenvalue weighted by Gasteiger charge is -2.25. The molecule has 0 amide bonds. The van der Waals surface area contributed by atoms with Gasteiger partial charge in [-0.15, -0.1) is 0 Å². The molecule has 0 spiro atoms. The second kappa shape index (κ2) is 4.97. The second-order valence-electron chi connectivity index (χ2n) is 4.96. The maximum Gasteiger partial charge on any atom is 0.0936 e. The Morgan fingerprint density at radius 2 is 1.62 bits per heavy atom. The Hall–Kier alpha value is -0.0800. The Kier molecular flexibility index (Phi) is 4.20. The van der Waals surface area contributed by atoms with E-state index >= 15 is 0 Å². The summed E-state index contributed by atoms with van der Waals surface area (Å²) in [6, 6.07) is 0. The number of rotatable bonds is 6. The standard InChI is InChI=1S/C11H23NO/c1-9(2)5-12(6-10(3)4)7-11-8-13-11/h9-11H,5-8H2,1-4H3/t11-/m1/s1. The van der Waals surface area contributed by atoms with Gasteiger partial charge < -0.3 is 9.64 Å². The predicted octanol–water partition coefficient (Wildman–Crippen LogP) is 2.00. The molecule has 1 aliphatic rings. The molecular formula is C11H23NO. The highest BCUT2D eigenvalue weighted by molar-refractivity contribution is 4.75. The molecular weight excluding hydrogens is 162 g/mol. The number of hydrogen-bond donors (Lipinski definition) is 0. The molecule has 13 heavy (non-hydrogen) atoms. The van der Waals surface area contributed by atoms with Crippen LogP contribution in [-0.2, 0) is 4.74 Å². The highest BCUT2D eigenvalue weighted by Crippen LogP contribution is 2.13. The van der Waals surface area contributed by atoms with Crippen LogP contribution in [0.15, 0.2) is 0 Å². The first-order valence-electron chi connectivity index (χ1n) is 5.42. The molecule has 2 nitrogen and oxygen atoms in total. The summed E-state index contributed by atoms with van der Waals surface area (Å²) in [6.45, 7) is 13.6. The van der Waals surface area contributed by atoms with Crippen molar-refractivity contribution in [3.05, 3.63) is 0 Å². The number of nitrogens with zero attached hydrogens (tertiary/aromatic N) is 1. The maximum atomic E-state index is 5.26. The third-order valence-corrected chi connectivity index (χ3v) is 2.11. The van der Waals surface area contributed by atoms with Crippen LogP contribution in [-0.4, -0.2) is 37.2 Å². The molecule has 0 aromatic heterocycles. The zero-order chi connectivity index (χ0) is 9.84. The van der Waals surface area contributed by atoms with Crippen molar-refractivity contribution in [1.82, 2.24) is 4.90 Å². The first kappa shape index (κ1) is 11.0. The van der Waals surface area contributed by atoms with Gasteiger partial charge in [0.25, 0.3) is 0 Å². The van der Waals surface area contributed by atoms with Crippen molar-refractivity contribution in [3.63, 3.8) is 0 Å². The third kappa shape index (κ3) is 5.27. The van der Waals surface area contributed by atoms with Crippen LogP contribution in [0, 0.1) is 11.8 Å². The van der Waals surface area contributed by atoms with Crippen LogP contribution >= 0.6 is 0 Å². The highest BCUT2D eigenvalue weighted by atomic mass is 16.6. The molecule has 0 radical (unpaired) electrons. The van der Waals surface area contributed by atoms with Crippen LogP contribution < -0.4 is 0 Å². The fraction of sp³-hybridized carbons (Fsp3) is 1.00. The molecule has 2 heteroatoms. The van der Waals surface area contributed by atoms with Gasteiger partial charge in [-0.1, -0.05) is 27.7 Å². The Morgan fingerprint density at radius 3 is 1.92 bits per heavy atom.